The lowest BCUT2D eigenvalue weighted by Crippen LogP contribution is -2.33. The average molecular weight is 480 g/mol. The molecule has 2 amide bonds. The third-order valence-corrected chi connectivity index (χ3v) is 3.89. The van der Waals surface area contributed by atoms with Gasteiger partial charge in [-0.3, -0.25) is 14.5 Å². The van der Waals surface area contributed by atoms with Crippen LogP contribution in [0.1, 0.15) is 13.8 Å². The molecule has 0 aliphatic carbocycles. The van der Waals surface area contributed by atoms with Gasteiger partial charge in [-0.15, -0.1) is 0 Å². The molecule has 192 valence electrons. The Kier molecular flexibility index (Phi) is 19.8. The number of hydrogen-bond donors (Lipinski definition) is 2. The van der Waals surface area contributed by atoms with Crippen LogP contribution in [0.25, 0.3) is 0 Å². The minimum atomic E-state index is -0.574. The lowest BCUT2D eigenvalue weighted by Gasteiger charge is -2.19. The van der Waals surface area contributed by atoms with Gasteiger partial charge in [0.05, 0.1) is 19.8 Å². The second-order valence-corrected chi connectivity index (χ2v) is 6.51. The maximum Gasteiger partial charge on any atom is 0.407 e. The van der Waals surface area contributed by atoms with Gasteiger partial charge in [-0.05, 0) is 6.54 Å². The van der Waals surface area contributed by atoms with Crippen molar-refractivity contribution in [2.75, 3.05) is 92.7 Å². The molecule has 33 heavy (non-hydrogen) atoms. The second kappa shape index (κ2) is 21.4. The van der Waals surface area contributed by atoms with Gasteiger partial charge in [0.2, 0.25) is 5.91 Å². The predicted octanol–water partition coefficient (Wildman–Crippen LogP) is -1.06. The van der Waals surface area contributed by atoms with Gasteiger partial charge >= 0.3 is 18.0 Å². The molecule has 0 aromatic heterocycles. The first-order valence-electron chi connectivity index (χ1n) is 10.7. The summed E-state index contributed by atoms with van der Waals surface area (Å²) in [5, 5.41) is 5.08. The fourth-order valence-corrected chi connectivity index (χ4v) is 2.21. The highest BCUT2D eigenvalue weighted by Gasteiger charge is 2.08. The molecular weight excluding hydrogens is 442 g/mol. The van der Waals surface area contributed by atoms with Crippen molar-refractivity contribution in [3.05, 3.63) is 0 Å². The van der Waals surface area contributed by atoms with Crippen LogP contribution in [0.2, 0.25) is 0 Å². The zero-order valence-corrected chi connectivity index (χ0v) is 19.7. The van der Waals surface area contributed by atoms with E-state index >= 15 is 0 Å². The Morgan fingerprint density at radius 2 is 1.42 bits per heavy atom. The first-order valence-corrected chi connectivity index (χ1v) is 10.7. The summed E-state index contributed by atoms with van der Waals surface area (Å²) in [4.78, 5) is 47.3. The third-order valence-electron chi connectivity index (χ3n) is 3.89. The van der Waals surface area contributed by atoms with E-state index < -0.39 is 18.0 Å². The van der Waals surface area contributed by atoms with Crippen LogP contribution >= 0.6 is 0 Å². The van der Waals surface area contributed by atoms with Gasteiger partial charge in [0, 0.05) is 40.2 Å². The normalized spacial score (nSPS) is 10.5. The van der Waals surface area contributed by atoms with Crippen molar-refractivity contribution in [1.29, 1.82) is 0 Å². The van der Waals surface area contributed by atoms with E-state index in [2.05, 4.69) is 10.6 Å². The van der Waals surface area contributed by atoms with Crippen LogP contribution in [0, 0.1) is 0 Å². The van der Waals surface area contributed by atoms with Gasteiger partial charge < -0.3 is 39.1 Å². The average Bonchev–Trinajstić information content (AvgIpc) is 2.77. The van der Waals surface area contributed by atoms with E-state index in [4.69, 9.17) is 28.4 Å². The maximum atomic E-state index is 11.6. The first kappa shape index (κ1) is 30.5. The van der Waals surface area contributed by atoms with Crippen molar-refractivity contribution in [3.8, 4) is 0 Å². The third kappa shape index (κ3) is 21.1. The zero-order chi connectivity index (χ0) is 24.7. The first-order chi connectivity index (χ1) is 15.9. The van der Waals surface area contributed by atoms with E-state index in [1.165, 1.54) is 14.0 Å². The quantitative estimate of drug-likeness (QED) is 0.125. The largest absolute Gasteiger partial charge is 0.465 e. The summed E-state index contributed by atoms with van der Waals surface area (Å²) in [6, 6.07) is 0. The number of hydrogen-bond acceptors (Lipinski definition) is 11. The molecule has 0 spiro atoms. The molecule has 0 aliphatic rings. The van der Waals surface area contributed by atoms with Crippen LogP contribution in [0.4, 0.5) is 4.79 Å². The monoisotopic (exact) mass is 479 g/mol. The van der Waals surface area contributed by atoms with Gasteiger partial charge in [0.15, 0.2) is 0 Å². The van der Waals surface area contributed by atoms with Gasteiger partial charge in [-0.25, -0.2) is 9.59 Å². The van der Waals surface area contributed by atoms with Crippen molar-refractivity contribution in [1.82, 2.24) is 15.5 Å². The van der Waals surface area contributed by atoms with Crippen LogP contribution in [-0.4, -0.2) is 122 Å². The Hall–Kier alpha value is -2.48. The minimum Gasteiger partial charge on any atom is -0.465 e. The van der Waals surface area contributed by atoms with Crippen LogP contribution < -0.4 is 10.6 Å². The van der Waals surface area contributed by atoms with Crippen LogP contribution in [-0.2, 0) is 42.8 Å². The molecule has 0 aliphatic heterocycles. The number of likely N-dealkylation sites (N-methyl/N-ethyl adjacent to an activating group) is 1. The number of esters is 2. The number of nitrogens with zero attached hydrogens (tertiary/aromatic N) is 1. The standard InChI is InChI=1S/C20H37N3O10/c1-4-23(7-11-31-17(2)24)8-12-32-19(26)16-30-15-18(25)21-5-9-29-10-6-22-20(27)33-14-13-28-3/h4-16H2,1-3H3,(H,21,25)(H,22,27). The van der Waals surface area contributed by atoms with Crippen molar-refractivity contribution in [2.45, 2.75) is 13.8 Å². The highest BCUT2D eigenvalue weighted by atomic mass is 16.6. The molecule has 0 bridgehead atoms. The molecule has 0 aromatic rings. The van der Waals surface area contributed by atoms with E-state index in [1.807, 2.05) is 11.8 Å². The Bertz CT molecular complexity index is 562. The minimum absolute atomic E-state index is 0.166. The van der Waals surface area contributed by atoms with Crippen LogP contribution in [0.15, 0.2) is 0 Å². The molecule has 0 saturated heterocycles. The number of alkyl carbamates (subject to hydrolysis) is 1. The summed E-state index contributed by atoms with van der Waals surface area (Å²) < 4.78 is 29.8. The number of amides is 2. The molecule has 13 nitrogen and oxygen atoms in total. The van der Waals surface area contributed by atoms with E-state index in [0.717, 1.165) is 6.54 Å². The fourth-order valence-electron chi connectivity index (χ4n) is 2.21. The topological polar surface area (TPSA) is 151 Å². The number of methoxy groups -OCH3 is 1. The highest BCUT2D eigenvalue weighted by Crippen LogP contribution is 1.91. The predicted molar refractivity (Wildman–Crippen MR) is 116 cm³/mol. The van der Waals surface area contributed by atoms with Crippen LogP contribution in [0.3, 0.4) is 0 Å². The fraction of sp³-hybridized carbons (Fsp3) is 0.800. The van der Waals surface area contributed by atoms with E-state index in [-0.39, 0.29) is 65.3 Å². The summed E-state index contributed by atoms with van der Waals surface area (Å²) in [6.45, 7) is 6.41. The van der Waals surface area contributed by atoms with E-state index in [9.17, 15) is 19.2 Å². The number of carbonyl (C=O) groups excluding carboxylic acids is 4. The summed E-state index contributed by atoms with van der Waals surface area (Å²) in [6.07, 6.45) is -0.554. The Morgan fingerprint density at radius 1 is 0.758 bits per heavy atom. The second-order valence-electron chi connectivity index (χ2n) is 6.51. The smallest absolute Gasteiger partial charge is 0.407 e. The molecule has 13 heteroatoms. The molecule has 0 saturated carbocycles. The van der Waals surface area contributed by atoms with Gasteiger partial charge in [0.25, 0.3) is 0 Å². The maximum absolute atomic E-state index is 11.6. The summed E-state index contributed by atoms with van der Waals surface area (Å²) >= 11 is 0. The van der Waals surface area contributed by atoms with E-state index in [1.54, 1.807) is 0 Å². The zero-order valence-electron chi connectivity index (χ0n) is 19.7. The van der Waals surface area contributed by atoms with Crippen molar-refractivity contribution < 1.29 is 47.6 Å². The highest BCUT2D eigenvalue weighted by molar-refractivity contribution is 5.77. The van der Waals surface area contributed by atoms with E-state index in [0.29, 0.717) is 19.7 Å². The Morgan fingerprint density at radius 3 is 2.06 bits per heavy atom. The lowest BCUT2D eigenvalue weighted by atomic mass is 10.4. The lowest BCUT2D eigenvalue weighted by molar-refractivity contribution is -0.150. The number of nitrogens with one attached hydrogen (secondary N) is 2. The Balaban J connectivity index is 3.58. The molecule has 0 radical (unpaired) electrons. The van der Waals surface area contributed by atoms with Gasteiger partial charge in [-0.1, -0.05) is 6.92 Å². The molecule has 0 aromatic carbocycles. The summed E-state index contributed by atoms with van der Waals surface area (Å²) in [5.41, 5.74) is 0. The summed E-state index contributed by atoms with van der Waals surface area (Å²) in [5.74, 6) is -1.30. The molecule has 0 heterocycles. The molecule has 0 atom stereocenters. The van der Waals surface area contributed by atoms with Gasteiger partial charge in [-0.2, -0.15) is 0 Å². The SMILES string of the molecule is CCN(CCOC(C)=O)CCOC(=O)COCC(=O)NCCOCCNC(=O)OCCOC. The number of carbonyl (C=O) groups is 4. The molecular formula is C20H37N3O10. The van der Waals surface area contributed by atoms with Crippen molar-refractivity contribution >= 4 is 23.9 Å². The number of rotatable bonds is 20. The molecule has 0 fully saturated rings. The molecule has 0 unspecified atom stereocenters. The number of ether oxygens (including phenoxy) is 6. The molecule has 2 N–H and O–H groups in total. The van der Waals surface area contributed by atoms with Crippen molar-refractivity contribution in [2.24, 2.45) is 0 Å². The van der Waals surface area contributed by atoms with Gasteiger partial charge in [0.1, 0.15) is 33.0 Å². The van der Waals surface area contributed by atoms with Crippen molar-refractivity contribution in [3.63, 3.8) is 0 Å². The molecule has 0 rings (SSSR count). The van der Waals surface area contributed by atoms with Crippen LogP contribution in [0.5, 0.6) is 0 Å². The summed E-state index contributed by atoms with van der Waals surface area (Å²) in [7, 11) is 1.51. The Labute approximate surface area is 194 Å².